The van der Waals surface area contributed by atoms with Crippen molar-refractivity contribution in [2.75, 3.05) is 20.7 Å². The summed E-state index contributed by atoms with van der Waals surface area (Å²) in [5.41, 5.74) is 0.946. The van der Waals surface area contributed by atoms with Crippen LogP contribution in [0.2, 0.25) is 0 Å². The van der Waals surface area contributed by atoms with Gasteiger partial charge >= 0.3 is 6.18 Å². The second-order valence-electron chi connectivity index (χ2n) is 4.19. The molecule has 1 rings (SSSR count). The summed E-state index contributed by atoms with van der Waals surface area (Å²) in [5, 5.41) is 5.56. The van der Waals surface area contributed by atoms with E-state index in [-0.39, 0.29) is 6.54 Å². The third kappa shape index (κ3) is 6.70. The van der Waals surface area contributed by atoms with Gasteiger partial charge in [-0.3, -0.25) is 4.99 Å². The van der Waals surface area contributed by atoms with Crippen molar-refractivity contribution in [3.05, 3.63) is 28.2 Å². The molecule has 0 radical (unpaired) electrons. The highest BCUT2D eigenvalue weighted by Gasteiger charge is 2.26. The SMILES string of the molecule is CN=C(NCCC(F)(F)F)NCc1ccc(OC)c(Br)c1. The molecule has 0 heterocycles. The molecule has 21 heavy (non-hydrogen) atoms. The van der Waals surface area contributed by atoms with Crippen molar-refractivity contribution >= 4 is 21.9 Å². The Morgan fingerprint density at radius 2 is 2.05 bits per heavy atom. The zero-order valence-corrected chi connectivity index (χ0v) is 13.3. The minimum absolute atomic E-state index is 0.213. The number of halogens is 4. The van der Waals surface area contributed by atoms with E-state index in [2.05, 4.69) is 31.6 Å². The van der Waals surface area contributed by atoms with Gasteiger partial charge in [-0.25, -0.2) is 0 Å². The molecule has 1 aromatic carbocycles. The zero-order valence-electron chi connectivity index (χ0n) is 11.7. The number of aliphatic imine (C=N–C) groups is 1. The van der Waals surface area contributed by atoms with Crippen LogP contribution in [-0.2, 0) is 6.54 Å². The van der Waals surface area contributed by atoms with Gasteiger partial charge in [-0.15, -0.1) is 0 Å². The number of hydrogen-bond acceptors (Lipinski definition) is 2. The van der Waals surface area contributed by atoms with E-state index in [9.17, 15) is 13.2 Å². The first-order chi connectivity index (χ1) is 9.85. The van der Waals surface area contributed by atoms with Gasteiger partial charge in [0.25, 0.3) is 0 Å². The van der Waals surface area contributed by atoms with Crippen molar-refractivity contribution in [1.29, 1.82) is 0 Å². The number of methoxy groups -OCH3 is 1. The maximum Gasteiger partial charge on any atom is 0.390 e. The van der Waals surface area contributed by atoms with E-state index in [1.807, 2.05) is 12.1 Å². The summed E-state index contributed by atoms with van der Waals surface area (Å²) in [6.45, 7) is 0.226. The van der Waals surface area contributed by atoms with Gasteiger partial charge < -0.3 is 15.4 Å². The fourth-order valence-electron chi connectivity index (χ4n) is 1.55. The first-order valence-corrected chi connectivity index (χ1v) is 6.98. The summed E-state index contributed by atoms with van der Waals surface area (Å²) in [5.74, 6) is 1.04. The van der Waals surface area contributed by atoms with Crippen LogP contribution in [0.25, 0.3) is 0 Å². The smallest absolute Gasteiger partial charge is 0.390 e. The van der Waals surface area contributed by atoms with Crippen LogP contribution in [0.1, 0.15) is 12.0 Å². The van der Waals surface area contributed by atoms with Crippen LogP contribution >= 0.6 is 15.9 Å². The first kappa shape index (κ1) is 17.6. The van der Waals surface area contributed by atoms with Crippen LogP contribution in [0, 0.1) is 0 Å². The number of alkyl halides is 3. The lowest BCUT2D eigenvalue weighted by Gasteiger charge is -2.13. The second-order valence-corrected chi connectivity index (χ2v) is 5.04. The second kappa shape index (κ2) is 8.11. The van der Waals surface area contributed by atoms with E-state index in [0.717, 1.165) is 10.0 Å². The summed E-state index contributed by atoms with van der Waals surface area (Å²) in [4.78, 5) is 3.87. The summed E-state index contributed by atoms with van der Waals surface area (Å²) >= 11 is 3.37. The van der Waals surface area contributed by atoms with Gasteiger partial charge in [0.1, 0.15) is 5.75 Å². The van der Waals surface area contributed by atoms with Crippen molar-refractivity contribution < 1.29 is 17.9 Å². The average molecular weight is 368 g/mol. The van der Waals surface area contributed by atoms with Gasteiger partial charge in [0.2, 0.25) is 0 Å². The molecule has 0 fully saturated rings. The van der Waals surface area contributed by atoms with Crippen LogP contribution in [0.5, 0.6) is 5.75 Å². The Morgan fingerprint density at radius 1 is 1.33 bits per heavy atom. The van der Waals surface area contributed by atoms with E-state index < -0.39 is 12.6 Å². The van der Waals surface area contributed by atoms with Crippen molar-refractivity contribution in [3.63, 3.8) is 0 Å². The number of nitrogens with zero attached hydrogens (tertiary/aromatic N) is 1. The highest BCUT2D eigenvalue weighted by molar-refractivity contribution is 9.10. The minimum Gasteiger partial charge on any atom is -0.496 e. The molecule has 0 aliphatic heterocycles. The number of guanidine groups is 1. The van der Waals surface area contributed by atoms with Crippen molar-refractivity contribution in [3.8, 4) is 5.75 Å². The molecule has 4 nitrogen and oxygen atoms in total. The summed E-state index contributed by atoms with van der Waals surface area (Å²) in [7, 11) is 3.08. The van der Waals surface area contributed by atoms with E-state index in [0.29, 0.717) is 18.3 Å². The lowest BCUT2D eigenvalue weighted by molar-refractivity contribution is -0.132. The molecule has 1 aromatic rings. The fourth-order valence-corrected chi connectivity index (χ4v) is 2.14. The topological polar surface area (TPSA) is 45.7 Å². The van der Waals surface area contributed by atoms with Crippen molar-refractivity contribution in [2.24, 2.45) is 4.99 Å². The monoisotopic (exact) mass is 367 g/mol. The normalized spacial score (nSPS) is 12.2. The maximum absolute atomic E-state index is 12.1. The number of nitrogens with one attached hydrogen (secondary N) is 2. The predicted octanol–water partition coefficient (Wildman–Crippen LogP) is 3.08. The molecule has 2 N–H and O–H groups in total. The Bertz CT molecular complexity index is 492. The van der Waals surface area contributed by atoms with Crippen LogP contribution in [0.4, 0.5) is 13.2 Å². The molecular weight excluding hydrogens is 351 g/mol. The molecule has 0 spiro atoms. The van der Waals surface area contributed by atoms with E-state index >= 15 is 0 Å². The molecule has 0 saturated heterocycles. The van der Waals surface area contributed by atoms with Gasteiger partial charge in [0, 0.05) is 20.1 Å². The molecular formula is C13H17BrF3N3O. The van der Waals surface area contributed by atoms with Gasteiger partial charge in [-0.05, 0) is 33.6 Å². The molecule has 0 bridgehead atoms. The average Bonchev–Trinajstić information content (AvgIpc) is 2.41. The first-order valence-electron chi connectivity index (χ1n) is 6.19. The van der Waals surface area contributed by atoms with Gasteiger partial charge in [-0.1, -0.05) is 6.07 Å². The molecule has 0 unspecified atom stereocenters. The molecule has 0 aromatic heterocycles. The molecule has 8 heteroatoms. The fraction of sp³-hybridized carbons (Fsp3) is 0.462. The third-order valence-corrected chi connectivity index (χ3v) is 3.22. The van der Waals surface area contributed by atoms with Crippen LogP contribution in [0.3, 0.4) is 0 Å². The molecule has 0 aliphatic carbocycles. The molecule has 0 saturated carbocycles. The van der Waals surface area contributed by atoms with Gasteiger partial charge in [0.05, 0.1) is 18.0 Å². The standard InChI is InChI=1S/C13H17BrF3N3O/c1-18-12(19-6-5-13(15,16)17)20-8-9-3-4-11(21-2)10(14)7-9/h3-4,7H,5-6,8H2,1-2H3,(H2,18,19,20). The Hall–Kier alpha value is -1.44. The largest absolute Gasteiger partial charge is 0.496 e. The van der Waals surface area contributed by atoms with Crippen LogP contribution in [-0.4, -0.2) is 32.8 Å². The highest BCUT2D eigenvalue weighted by Crippen LogP contribution is 2.25. The zero-order chi connectivity index (χ0) is 15.9. The quantitative estimate of drug-likeness (QED) is 0.620. The van der Waals surface area contributed by atoms with Gasteiger partial charge in [-0.2, -0.15) is 13.2 Å². The third-order valence-electron chi connectivity index (χ3n) is 2.60. The summed E-state index contributed by atoms with van der Waals surface area (Å²) in [6.07, 6.45) is -5.07. The Morgan fingerprint density at radius 3 is 2.57 bits per heavy atom. The van der Waals surface area contributed by atoms with Gasteiger partial charge in [0.15, 0.2) is 5.96 Å². The van der Waals surface area contributed by atoms with E-state index in [1.54, 1.807) is 13.2 Å². The molecule has 0 aliphatic rings. The Labute approximate surface area is 129 Å². The number of hydrogen-bond donors (Lipinski definition) is 2. The maximum atomic E-state index is 12.1. The Kier molecular flexibility index (Phi) is 6.80. The summed E-state index contributed by atoms with van der Waals surface area (Å²) < 4.78 is 42.1. The summed E-state index contributed by atoms with van der Waals surface area (Å²) in [6, 6.07) is 5.54. The predicted molar refractivity (Wildman–Crippen MR) is 79.6 cm³/mol. The van der Waals surface area contributed by atoms with E-state index in [4.69, 9.17) is 4.74 Å². The highest BCUT2D eigenvalue weighted by atomic mass is 79.9. The van der Waals surface area contributed by atoms with Crippen LogP contribution < -0.4 is 15.4 Å². The molecule has 118 valence electrons. The molecule has 0 atom stereocenters. The molecule has 0 amide bonds. The van der Waals surface area contributed by atoms with Crippen molar-refractivity contribution in [1.82, 2.24) is 10.6 Å². The number of ether oxygens (including phenoxy) is 1. The number of rotatable bonds is 5. The van der Waals surface area contributed by atoms with Crippen molar-refractivity contribution in [2.45, 2.75) is 19.1 Å². The lowest BCUT2D eigenvalue weighted by Crippen LogP contribution is -2.38. The number of benzene rings is 1. The van der Waals surface area contributed by atoms with Crippen LogP contribution in [0.15, 0.2) is 27.7 Å². The van der Waals surface area contributed by atoms with E-state index in [1.165, 1.54) is 7.05 Å². The lowest BCUT2D eigenvalue weighted by atomic mass is 10.2. The Balaban J connectivity index is 2.47. The minimum atomic E-state index is -4.17.